The first-order valence-electron chi connectivity index (χ1n) is 9.51. The molecule has 3 rings (SSSR count). The number of halogens is 4. The molecule has 0 saturated heterocycles. The van der Waals surface area contributed by atoms with E-state index in [-0.39, 0.29) is 24.6 Å². The van der Waals surface area contributed by atoms with E-state index in [1.54, 1.807) is 39.0 Å². The second kappa shape index (κ2) is 8.34. The summed E-state index contributed by atoms with van der Waals surface area (Å²) in [7, 11) is 0. The van der Waals surface area contributed by atoms with Gasteiger partial charge in [0.05, 0.1) is 23.4 Å². The van der Waals surface area contributed by atoms with E-state index in [0.29, 0.717) is 16.3 Å². The van der Waals surface area contributed by atoms with Crippen LogP contribution in [-0.4, -0.2) is 17.5 Å². The number of rotatable bonds is 4. The molecule has 0 aliphatic carbocycles. The summed E-state index contributed by atoms with van der Waals surface area (Å²) >= 11 is 6.29. The van der Waals surface area contributed by atoms with Gasteiger partial charge in [-0.2, -0.15) is 18.3 Å². The molecule has 0 unspecified atom stereocenters. The molecule has 0 fully saturated rings. The molecule has 0 spiro atoms. The van der Waals surface area contributed by atoms with E-state index in [4.69, 9.17) is 11.6 Å². The zero-order valence-corrected chi connectivity index (χ0v) is 17.9. The topological polar surface area (TPSA) is 61.8 Å². The lowest BCUT2D eigenvalue weighted by atomic mass is 9.95. The van der Waals surface area contributed by atoms with Gasteiger partial charge < -0.3 is 5.32 Å². The summed E-state index contributed by atoms with van der Waals surface area (Å²) < 4.78 is 39.0. The SMILES string of the molecule is CC(C)(C)C(=O)NCc1ccc(Cl)c(C2=NN(c3cccc(C(F)(F)F)c3)C(=O)C2)c1. The molecule has 1 heterocycles. The quantitative estimate of drug-likeness (QED) is 0.697. The first-order valence-corrected chi connectivity index (χ1v) is 9.89. The first kappa shape index (κ1) is 22.8. The van der Waals surface area contributed by atoms with Crippen molar-refractivity contribution in [2.75, 3.05) is 5.01 Å². The van der Waals surface area contributed by atoms with Crippen molar-refractivity contribution in [3.8, 4) is 0 Å². The van der Waals surface area contributed by atoms with Crippen LogP contribution in [0, 0.1) is 5.41 Å². The molecular weight excluding hydrogens is 431 g/mol. The van der Waals surface area contributed by atoms with E-state index in [2.05, 4.69) is 10.4 Å². The Morgan fingerprint density at radius 2 is 1.87 bits per heavy atom. The summed E-state index contributed by atoms with van der Waals surface area (Å²) in [5.41, 5.74) is 0.214. The Labute approximate surface area is 182 Å². The van der Waals surface area contributed by atoms with Crippen LogP contribution < -0.4 is 10.3 Å². The van der Waals surface area contributed by atoms with Gasteiger partial charge in [0.2, 0.25) is 5.91 Å². The van der Waals surface area contributed by atoms with Crippen LogP contribution in [0.2, 0.25) is 5.02 Å². The maximum atomic E-state index is 13.0. The van der Waals surface area contributed by atoms with E-state index in [9.17, 15) is 22.8 Å². The third-order valence-electron chi connectivity index (χ3n) is 4.67. The fourth-order valence-corrected chi connectivity index (χ4v) is 3.17. The van der Waals surface area contributed by atoms with Gasteiger partial charge in [0.1, 0.15) is 0 Å². The van der Waals surface area contributed by atoms with E-state index >= 15 is 0 Å². The van der Waals surface area contributed by atoms with Gasteiger partial charge in [0.25, 0.3) is 5.91 Å². The zero-order valence-electron chi connectivity index (χ0n) is 17.2. The van der Waals surface area contributed by atoms with Crippen molar-refractivity contribution >= 4 is 34.8 Å². The number of alkyl halides is 3. The Kier molecular flexibility index (Phi) is 6.14. The molecule has 0 atom stereocenters. The number of anilines is 1. The molecule has 31 heavy (non-hydrogen) atoms. The summed E-state index contributed by atoms with van der Waals surface area (Å²) in [6.07, 6.45) is -4.63. The lowest BCUT2D eigenvalue weighted by molar-refractivity contribution is -0.137. The lowest BCUT2D eigenvalue weighted by Gasteiger charge is -2.18. The minimum absolute atomic E-state index is 0.0274. The number of hydrogen-bond donors (Lipinski definition) is 1. The van der Waals surface area contributed by atoms with Crippen molar-refractivity contribution in [3.05, 3.63) is 64.2 Å². The van der Waals surface area contributed by atoms with Crippen LogP contribution in [0.4, 0.5) is 18.9 Å². The van der Waals surface area contributed by atoms with Crippen molar-refractivity contribution < 1.29 is 22.8 Å². The fourth-order valence-electron chi connectivity index (χ4n) is 2.95. The van der Waals surface area contributed by atoms with E-state index in [0.717, 1.165) is 22.7 Å². The Balaban J connectivity index is 1.86. The molecule has 0 aromatic heterocycles. The average Bonchev–Trinajstić information content (AvgIpc) is 3.07. The maximum Gasteiger partial charge on any atom is 0.416 e. The van der Waals surface area contributed by atoms with Gasteiger partial charge in [-0.15, -0.1) is 0 Å². The number of carbonyl (C=O) groups is 2. The van der Waals surface area contributed by atoms with E-state index < -0.39 is 23.1 Å². The molecule has 1 N–H and O–H groups in total. The normalized spacial score (nSPS) is 14.6. The van der Waals surface area contributed by atoms with Crippen LogP contribution in [0.3, 0.4) is 0 Å². The number of amides is 2. The third kappa shape index (κ3) is 5.25. The monoisotopic (exact) mass is 451 g/mol. The van der Waals surface area contributed by atoms with Crippen LogP contribution in [0.25, 0.3) is 0 Å². The second-order valence-corrected chi connectivity index (χ2v) is 8.63. The molecule has 0 saturated carbocycles. The molecule has 9 heteroatoms. The Morgan fingerprint density at radius 3 is 2.52 bits per heavy atom. The Hall–Kier alpha value is -2.87. The highest BCUT2D eigenvalue weighted by molar-refractivity contribution is 6.35. The van der Waals surface area contributed by atoms with Gasteiger partial charge in [-0.25, -0.2) is 5.01 Å². The van der Waals surface area contributed by atoms with Crippen LogP contribution in [-0.2, 0) is 22.3 Å². The van der Waals surface area contributed by atoms with Crippen LogP contribution in [0.1, 0.15) is 43.9 Å². The number of nitrogens with one attached hydrogen (secondary N) is 1. The number of benzene rings is 2. The number of hydrazone groups is 1. The minimum Gasteiger partial charge on any atom is -0.352 e. The van der Waals surface area contributed by atoms with Gasteiger partial charge in [0.15, 0.2) is 0 Å². The highest BCUT2D eigenvalue weighted by atomic mass is 35.5. The summed E-state index contributed by atoms with van der Waals surface area (Å²) in [6, 6.07) is 9.52. The van der Waals surface area contributed by atoms with Crippen LogP contribution in [0.15, 0.2) is 47.6 Å². The molecule has 1 aliphatic rings. The highest BCUT2D eigenvalue weighted by Crippen LogP contribution is 2.33. The summed E-state index contributed by atoms with van der Waals surface area (Å²) in [5, 5.41) is 8.37. The maximum absolute atomic E-state index is 13.0. The number of hydrogen-bond acceptors (Lipinski definition) is 3. The van der Waals surface area contributed by atoms with Crippen LogP contribution >= 0.6 is 11.6 Å². The van der Waals surface area contributed by atoms with Gasteiger partial charge in [-0.05, 0) is 35.9 Å². The van der Waals surface area contributed by atoms with Gasteiger partial charge in [-0.3, -0.25) is 9.59 Å². The van der Waals surface area contributed by atoms with E-state index in [1.165, 1.54) is 12.1 Å². The molecule has 0 bridgehead atoms. The Bertz CT molecular complexity index is 1060. The first-order chi connectivity index (χ1) is 14.4. The molecule has 5 nitrogen and oxygen atoms in total. The van der Waals surface area contributed by atoms with Crippen molar-refractivity contribution in [3.63, 3.8) is 0 Å². The molecule has 2 aromatic carbocycles. The second-order valence-electron chi connectivity index (χ2n) is 8.22. The molecule has 2 amide bonds. The molecule has 2 aromatic rings. The summed E-state index contributed by atoms with van der Waals surface area (Å²) in [5.74, 6) is -0.579. The fraction of sp³-hybridized carbons (Fsp3) is 0.318. The minimum atomic E-state index is -4.53. The zero-order chi connectivity index (χ0) is 23.0. The average molecular weight is 452 g/mol. The predicted octanol–water partition coefficient (Wildman–Crippen LogP) is 5.16. The van der Waals surface area contributed by atoms with Gasteiger partial charge in [0, 0.05) is 22.5 Å². The third-order valence-corrected chi connectivity index (χ3v) is 5.00. The largest absolute Gasteiger partial charge is 0.416 e. The van der Waals surface area contributed by atoms with Crippen molar-refractivity contribution in [2.45, 2.75) is 39.9 Å². The van der Waals surface area contributed by atoms with E-state index in [1.807, 2.05) is 0 Å². The van der Waals surface area contributed by atoms with Crippen molar-refractivity contribution in [2.24, 2.45) is 10.5 Å². The highest BCUT2D eigenvalue weighted by Gasteiger charge is 2.33. The molecular formula is C22H21ClF3N3O2. The molecule has 1 aliphatic heterocycles. The molecule has 0 radical (unpaired) electrons. The summed E-state index contributed by atoms with van der Waals surface area (Å²) in [4.78, 5) is 24.6. The van der Waals surface area contributed by atoms with Crippen molar-refractivity contribution in [1.29, 1.82) is 0 Å². The smallest absolute Gasteiger partial charge is 0.352 e. The van der Waals surface area contributed by atoms with Gasteiger partial charge >= 0.3 is 6.18 Å². The van der Waals surface area contributed by atoms with Gasteiger partial charge in [-0.1, -0.05) is 44.5 Å². The van der Waals surface area contributed by atoms with Crippen molar-refractivity contribution in [1.82, 2.24) is 5.32 Å². The standard InChI is InChI=1S/C22H21ClF3N3O2/c1-21(2,3)20(31)27-12-13-7-8-17(23)16(9-13)18-11-19(30)29(28-18)15-6-4-5-14(10-15)22(24,25)26/h4-10H,11-12H2,1-3H3,(H,27,31). The molecule has 164 valence electrons. The number of carbonyl (C=O) groups excluding carboxylic acids is 2. The van der Waals surface area contributed by atoms with Crippen LogP contribution in [0.5, 0.6) is 0 Å². The lowest BCUT2D eigenvalue weighted by Crippen LogP contribution is -2.34. The number of nitrogens with zero attached hydrogens (tertiary/aromatic N) is 2. The Morgan fingerprint density at radius 1 is 1.16 bits per heavy atom. The predicted molar refractivity (Wildman–Crippen MR) is 113 cm³/mol. The summed E-state index contributed by atoms with van der Waals surface area (Å²) in [6.45, 7) is 5.67.